The molecule has 1 aliphatic heterocycles. The minimum atomic E-state index is 0.0395. The number of benzene rings is 1. The third kappa shape index (κ3) is 4.61. The molecule has 0 radical (unpaired) electrons. The van der Waals surface area contributed by atoms with Crippen LogP contribution in [0.25, 0.3) is 0 Å². The van der Waals surface area contributed by atoms with Gasteiger partial charge in [0, 0.05) is 32.2 Å². The first-order valence-corrected chi connectivity index (χ1v) is 8.43. The fourth-order valence-corrected chi connectivity index (χ4v) is 2.91. The van der Waals surface area contributed by atoms with E-state index in [9.17, 15) is 4.79 Å². The average molecular weight is 320 g/mol. The lowest BCUT2D eigenvalue weighted by Crippen LogP contribution is -2.48. The van der Waals surface area contributed by atoms with Gasteiger partial charge in [-0.3, -0.25) is 9.69 Å². The van der Waals surface area contributed by atoms with Gasteiger partial charge in [-0.25, -0.2) is 0 Å². The van der Waals surface area contributed by atoms with Gasteiger partial charge in [0.15, 0.2) is 0 Å². The molecule has 23 heavy (non-hydrogen) atoms. The number of carbonyl (C=O) groups is 1. The van der Waals surface area contributed by atoms with Gasteiger partial charge in [-0.2, -0.15) is 0 Å². The van der Waals surface area contributed by atoms with Crippen LogP contribution in [0, 0.1) is 0 Å². The zero-order valence-electron chi connectivity index (χ0n) is 14.5. The standard InChI is InChI=1S/C18H28N2O3/c1-4-5-6-9-19-10-12-20(13-11-19)18(21)16-8-7-15(22-2)14-17(16)23-3/h7-8,14H,4-6,9-13H2,1-3H3. The van der Waals surface area contributed by atoms with Crippen molar-refractivity contribution in [2.75, 3.05) is 46.9 Å². The van der Waals surface area contributed by atoms with Gasteiger partial charge < -0.3 is 14.4 Å². The zero-order valence-corrected chi connectivity index (χ0v) is 14.5. The van der Waals surface area contributed by atoms with E-state index >= 15 is 0 Å². The maximum absolute atomic E-state index is 12.7. The van der Waals surface area contributed by atoms with Gasteiger partial charge in [0.05, 0.1) is 19.8 Å². The molecule has 5 heteroatoms. The summed E-state index contributed by atoms with van der Waals surface area (Å²) in [4.78, 5) is 17.1. The van der Waals surface area contributed by atoms with E-state index in [-0.39, 0.29) is 5.91 Å². The van der Waals surface area contributed by atoms with Crippen LogP contribution in [0.15, 0.2) is 18.2 Å². The molecule has 1 aromatic rings. The summed E-state index contributed by atoms with van der Waals surface area (Å²) in [7, 11) is 3.19. The van der Waals surface area contributed by atoms with Crippen molar-refractivity contribution in [3.8, 4) is 11.5 Å². The first-order chi connectivity index (χ1) is 11.2. The Bertz CT molecular complexity index is 511. The molecule has 0 aromatic heterocycles. The molecule has 0 saturated carbocycles. The summed E-state index contributed by atoms with van der Waals surface area (Å²) < 4.78 is 10.5. The summed E-state index contributed by atoms with van der Waals surface area (Å²) in [6, 6.07) is 5.35. The third-order valence-corrected chi connectivity index (χ3v) is 4.38. The van der Waals surface area contributed by atoms with Gasteiger partial charge in [-0.1, -0.05) is 19.8 Å². The van der Waals surface area contributed by atoms with Crippen LogP contribution in [-0.2, 0) is 0 Å². The molecule has 1 aromatic carbocycles. The summed E-state index contributed by atoms with van der Waals surface area (Å²) in [5.74, 6) is 1.30. The fraction of sp³-hybridized carbons (Fsp3) is 0.611. The second-order valence-corrected chi connectivity index (χ2v) is 5.91. The molecule has 0 aliphatic carbocycles. The van der Waals surface area contributed by atoms with Gasteiger partial charge in [-0.15, -0.1) is 0 Å². The second-order valence-electron chi connectivity index (χ2n) is 5.91. The lowest BCUT2D eigenvalue weighted by molar-refractivity contribution is 0.0632. The quantitative estimate of drug-likeness (QED) is 0.724. The number of rotatable bonds is 7. The molecule has 2 rings (SSSR count). The molecule has 1 amide bonds. The molecule has 1 aliphatic rings. The van der Waals surface area contributed by atoms with Crippen molar-refractivity contribution in [1.29, 1.82) is 0 Å². The molecule has 0 spiro atoms. The first kappa shape index (κ1) is 17.6. The minimum absolute atomic E-state index is 0.0395. The normalized spacial score (nSPS) is 15.5. The predicted molar refractivity (Wildman–Crippen MR) is 91.4 cm³/mol. The number of hydrogen-bond donors (Lipinski definition) is 0. The molecule has 0 unspecified atom stereocenters. The van der Waals surface area contributed by atoms with Gasteiger partial charge in [0.25, 0.3) is 5.91 Å². The number of carbonyl (C=O) groups excluding carboxylic acids is 1. The Morgan fingerprint density at radius 1 is 1.09 bits per heavy atom. The highest BCUT2D eigenvalue weighted by Gasteiger charge is 2.24. The highest BCUT2D eigenvalue weighted by atomic mass is 16.5. The maximum atomic E-state index is 12.7. The van der Waals surface area contributed by atoms with Crippen LogP contribution in [0.1, 0.15) is 36.5 Å². The summed E-state index contributed by atoms with van der Waals surface area (Å²) in [5, 5.41) is 0. The van der Waals surface area contributed by atoms with Gasteiger partial charge >= 0.3 is 0 Å². The monoisotopic (exact) mass is 320 g/mol. The van der Waals surface area contributed by atoms with Crippen molar-refractivity contribution in [2.45, 2.75) is 26.2 Å². The molecular weight excluding hydrogens is 292 g/mol. The summed E-state index contributed by atoms with van der Waals surface area (Å²) in [5.41, 5.74) is 0.604. The molecule has 1 saturated heterocycles. The highest BCUT2D eigenvalue weighted by molar-refractivity contribution is 5.97. The van der Waals surface area contributed by atoms with E-state index in [0.29, 0.717) is 17.1 Å². The Balaban J connectivity index is 1.94. The molecular formula is C18H28N2O3. The third-order valence-electron chi connectivity index (χ3n) is 4.38. The summed E-state index contributed by atoms with van der Waals surface area (Å²) in [6.45, 7) is 6.82. The van der Waals surface area contributed by atoms with E-state index < -0.39 is 0 Å². The minimum Gasteiger partial charge on any atom is -0.497 e. The van der Waals surface area contributed by atoms with Gasteiger partial charge in [0.1, 0.15) is 11.5 Å². The Labute approximate surface area is 139 Å². The van der Waals surface area contributed by atoms with Crippen molar-refractivity contribution in [2.24, 2.45) is 0 Å². The largest absolute Gasteiger partial charge is 0.497 e. The van der Waals surface area contributed by atoms with E-state index in [4.69, 9.17) is 9.47 Å². The Kier molecular flexibility index (Phi) is 6.71. The van der Waals surface area contributed by atoms with E-state index in [2.05, 4.69) is 11.8 Å². The van der Waals surface area contributed by atoms with E-state index in [1.807, 2.05) is 4.90 Å². The molecule has 128 valence electrons. The number of hydrogen-bond acceptors (Lipinski definition) is 4. The van der Waals surface area contributed by atoms with Crippen LogP contribution >= 0.6 is 0 Å². The Morgan fingerprint density at radius 2 is 1.83 bits per heavy atom. The number of ether oxygens (including phenoxy) is 2. The van der Waals surface area contributed by atoms with Crippen molar-refractivity contribution in [3.05, 3.63) is 23.8 Å². The lowest BCUT2D eigenvalue weighted by Gasteiger charge is -2.35. The molecule has 0 N–H and O–H groups in total. The number of nitrogens with zero attached hydrogens (tertiary/aromatic N) is 2. The summed E-state index contributed by atoms with van der Waals surface area (Å²) >= 11 is 0. The van der Waals surface area contributed by atoms with Gasteiger partial charge in [0.2, 0.25) is 0 Å². The number of methoxy groups -OCH3 is 2. The Hall–Kier alpha value is -1.75. The second kappa shape index (κ2) is 8.77. The first-order valence-electron chi connectivity index (χ1n) is 8.43. The van der Waals surface area contributed by atoms with Crippen molar-refractivity contribution in [1.82, 2.24) is 9.80 Å². The lowest BCUT2D eigenvalue weighted by atomic mass is 10.1. The fourth-order valence-electron chi connectivity index (χ4n) is 2.91. The van der Waals surface area contributed by atoms with Crippen LogP contribution in [0.3, 0.4) is 0 Å². The maximum Gasteiger partial charge on any atom is 0.257 e. The van der Waals surface area contributed by atoms with Crippen molar-refractivity contribution in [3.63, 3.8) is 0 Å². The van der Waals surface area contributed by atoms with Crippen molar-refractivity contribution >= 4 is 5.91 Å². The SMILES string of the molecule is CCCCCN1CCN(C(=O)c2ccc(OC)cc2OC)CC1. The number of amides is 1. The highest BCUT2D eigenvalue weighted by Crippen LogP contribution is 2.26. The van der Waals surface area contributed by atoms with E-state index in [0.717, 1.165) is 32.7 Å². The van der Waals surface area contributed by atoms with Gasteiger partial charge in [-0.05, 0) is 25.1 Å². The van der Waals surface area contributed by atoms with Crippen molar-refractivity contribution < 1.29 is 14.3 Å². The van der Waals surface area contributed by atoms with Crippen LogP contribution in [0.4, 0.5) is 0 Å². The van der Waals surface area contributed by atoms with Crippen LogP contribution in [0.5, 0.6) is 11.5 Å². The topological polar surface area (TPSA) is 42.0 Å². The smallest absolute Gasteiger partial charge is 0.257 e. The molecule has 1 heterocycles. The predicted octanol–water partition coefficient (Wildman–Crippen LogP) is 2.65. The zero-order chi connectivity index (χ0) is 16.7. The molecule has 0 bridgehead atoms. The van der Waals surface area contributed by atoms with Crippen LogP contribution in [-0.4, -0.2) is 62.7 Å². The average Bonchev–Trinajstić information content (AvgIpc) is 2.61. The van der Waals surface area contributed by atoms with Crippen LogP contribution < -0.4 is 9.47 Å². The molecule has 0 atom stereocenters. The summed E-state index contributed by atoms with van der Waals surface area (Å²) in [6.07, 6.45) is 3.77. The number of unbranched alkanes of at least 4 members (excludes halogenated alkanes) is 2. The van der Waals surface area contributed by atoms with E-state index in [1.54, 1.807) is 32.4 Å². The number of piperazine rings is 1. The molecule has 1 fully saturated rings. The van der Waals surface area contributed by atoms with E-state index in [1.165, 1.54) is 19.3 Å². The van der Waals surface area contributed by atoms with Crippen LogP contribution in [0.2, 0.25) is 0 Å². The molecule has 5 nitrogen and oxygen atoms in total. The Morgan fingerprint density at radius 3 is 2.43 bits per heavy atom.